The zero-order valence-corrected chi connectivity index (χ0v) is 9.66. The van der Waals surface area contributed by atoms with Gasteiger partial charge in [0.1, 0.15) is 0 Å². The van der Waals surface area contributed by atoms with Crippen molar-refractivity contribution in [2.45, 2.75) is 44.4 Å². The van der Waals surface area contributed by atoms with Gasteiger partial charge in [-0.25, -0.2) is 0 Å². The smallest absolute Gasteiger partial charge is 0.264 e. The van der Waals surface area contributed by atoms with Crippen LogP contribution in [0.15, 0.2) is 0 Å². The molecule has 2 fully saturated rings. The Morgan fingerprint density at radius 1 is 1.47 bits per heavy atom. The minimum Gasteiger partial charge on any atom is -0.334 e. The van der Waals surface area contributed by atoms with Gasteiger partial charge in [0.15, 0.2) is 0 Å². The molecule has 6 heteroatoms. The molecule has 2 rings (SSSR count). The van der Waals surface area contributed by atoms with Crippen LogP contribution in [-0.4, -0.2) is 43.7 Å². The summed E-state index contributed by atoms with van der Waals surface area (Å²) in [5, 5.41) is 0. The van der Waals surface area contributed by atoms with Crippen LogP contribution in [0.1, 0.15) is 26.2 Å². The van der Waals surface area contributed by atoms with Gasteiger partial charge < -0.3 is 4.90 Å². The fraction of sp³-hybridized carbons (Fsp3) is 0.889. The largest absolute Gasteiger partial charge is 0.334 e. The highest BCUT2D eigenvalue weighted by Crippen LogP contribution is 2.35. The number of carbonyl (C=O) groups excluding carboxylic acids is 1. The molecule has 0 radical (unpaired) electrons. The van der Waals surface area contributed by atoms with Crippen molar-refractivity contribution in [1.29, 1.82) is 0 Å². The van der Waals surface area contributed by atoms with Gasteiger partial charge in [0.2, 0.25) is 5.91 Å². The third kappa shape index (κ3) is 2.01. The van der Waals surface area contributed by atoms with Crippen molar-refractivity contribution in [3.8, 4) is 0 Å². The highest BCUT2D eigenvalue weighted by Gasteiger charge is 2.46. The first-order valence-electron chi connectivity index (χ1n) is 5.08. The van der Waals surface area contributed by atoms with Crippen LogP contribution in [0.5, 0.6) is 0 Å². The van der Waals surface area contributed by atoms with Crippen LogP contribution in [0.3, 0.4) is 0 Å². The quantitative estimate of drug-likeness (QED) is 0.635. The molecule has 1 amide bonds. The Morgan fingerprint density at radius 2 is 2.13 bits per heavy atom. The van der Waals surface area contributed by atoms with E-state index in [-0.39, 0.29) is 24.1 Å². The lowest BCUT2D eigenvalue weighted by Gasteiger charge is -2.22. The first kappa shape index (κ1) is 10.9. The molecule has 0 bridgehead atoms. The molecule has 0 spiro atoms. The first-order valence-corrected chi connectivity index (χ1v) is 6.89. The third-order valence-corrected chi connectivity index (χ3v) is 3.75. The Labute approximate surface area is 89.5 Å². The van der Waals surface area contributed by atoms with Crippen LogP contribution >= 0.6 is 0 Å². The van der Waals surface area contributed by atoms with Crippen LogP contribution in [0.2, 0.25) is 0 Å². The molecule has 3 atom stereocenters. The molecule has 0 aliphatic carbocycles. The molecule has 0 aromatic carbocycles. The van der Waals surface area contributed by atoms with E-state index in [9.17, 15) is 13.2 Å². The van der Waals surface area contributed by atoms with E-state index >= 15 is 0 Å². The number of hydrogen-bond donors (Lipinski definition) is 0. The second-order valence-corrected chi connectivity index (χ2v) is 5.91. The molecule has 2 heterocycles. The van der Waals surface area contributed by atoms with Crippen molar-refractivity contribution in [3.05, 3.63) is 0 Å². The van der Waals surface area contributed by atoms with Crippen molar-refractivity contribution in [2.24, 2.45) is 0 Å². The highest BCUT2D eigenvalue weighted by atomic mass is 32.2. The zero-order valence-electron chi connectivity index (χ0n) is 8.84. The minimum atomic E-state index is -3.43. The zero-order chi connectivity index (χ0) is 11.2. The highest BCUT2D eigenvalue weighted by molar-refractivity contribution is 7.86. The maximum absolute atomic E-state index is 11.5. The molecule has 0 aromatic rings. The summed E-state index contributed by atoms with van der Waals surface area (Å²) in [4.78, 5) is 13.3. The summed E-state index contributed by atoms with van der Waals surface area (Å²) in [7, 11) is -3.43. The van der Waals surface area contributed by atoms with Gasteiger partial charge in [-0.05, 0) is 19.8 Å². The van der Waals surface area contributed by atoms with E-state index in [1.54, 1.807) is 4.90 Å². The lowest BCUT2D eigenvalue weighted by molar-refractivity contribution is -0.130. The molecule has 2 aliphatic rings. The number of hydrogen-bond acceptors (Lipinski definition) is 4. The predicted molar refractivity (Wildman–Crippen MR) is 53.7 cm³/mol. The Kier molecular flexibility index (Phi) is 2.50. The van der Waals surface area contributed by atoms with Crippen LogP contribution in [0.4, 0.5) is 0 Å². The standard InChI is InChI=1S/C9H15NO4S/c1-6-8(14-15(2,12)13)5-7-3-4-9(11)10(6)7/h6-8H,3-5H2,1-2H3/t6-,7-,8-/m1/s1. The van der Waals surface area contributed by atoms with Gasteiger partial charge in [-0.2, -0.15) is 8.42 Å². The second kappa shape index (κ2) is 3.45. The number of nitrogens with zero attached hydrogens (tertiary/aromatic N) is 1. The maximum Gasteiger partial charge on any atom is 0.264 e. The van der Waals surface area contributed by atoms with Crippen LogP contribution in [-0.2, 0) is 19.1 Å². The number of rotatable bonds is 2. The summed E-state index contributed by atoms with van der Waals surface area (Å²) in [6.07, 6.45) is 2.73. The van der Waals surface area contributed by atoms with Crippen molar-refractivity contribution in [1.82, 2.24) is 4.90 Å². The molecule has 5 nitrogen and oxygen atoms in total. The van der Waals surface area contributed by atoms with Gasteiger partial charge in [0.25, 0.3) is 10.1 Å². The van der Waals surface area contributed by atoms with Gasteiger partial charge in [-0.3, -0.25) is 8.98 Å². The lowest BCUT2D eigenvalue weighted by Crippen LogP contribution is -2.37. The summed E-state index contributed by atoms with van der Waals surface area (Å²) in [5.74, 6) is 0.118. The summed E-state index contributed by atoms with van der Waals surface area (Å²) < 4.78 is 27.0. The van der Waals surface area contributed by atoms with E-state index < -0.39 is 10.1 Å². The minimum absolute atomic E-state index is 0.118. The molecule has 2 saturated heterocycles. The third-order valence-electron chi connectivity index (χ3n) is 3.15. The lowest BCUT2D eigenvalue weighted by atomic mass is 10.1. The van der Waals surface area contributed by atoms with E-state index in [0.29, 0.717) is 12.8 Å². The van der Waals surface area contributed by atoms with Gasteiger partial charge in [0, 0.05) is 12.5 Å². The molecule has 2 aliphatic heterocycles. The molecule has 0 aromatic heterocycles. The molecule has 15 heavy (non-hydrogen) atoms. The molecule has 86 valence electrons. The molecule has 0 unspecified atom stereocenters. The molecule has 0 N–H and O–H groups in total. The fourth-order valence-electron chi connectivity index (χ4n) is 2.54. The average Bonchev–Trinajstić information content (AvgIpc) is 2.55. The van der Waals surface area contributed by atoms with Crippen molar-refractivity contribution < 1.29 is 17.4 Å². The van der Waals surface area contributed by atoms with Gasteiger partial charge >= 0.3 is 0 Å². The van der Waals surface area contributed by atoms with E-state index in [2.05, 4.69) is 0 Å². The van der Waals surface area contributed by atoms with Crippen LogP contribution in [0, 0.1) is 0 Å². The van der Waals surface area contributed by atoms with E-state index in [1.807, 2.05) is 6.92 Å². The van der Waals surface area contributed by atoms with E-state index in [0.717, 1.165) is 12.7 Å². The number of amides is 1. The first-order chi connectivity index (χ1) is 6.88. The Bertz CT molecular complexity index is 378. The average molecular weight is 233 g/mol. The van der Waals surface area contributed by atoms with Crippen LogP contribution in [0.25, 0.3) is 0 Å². The Balaban J connectivity index is 2.11. The molecular formula is C9H15NO4S. The second-order valence-electron chi connectivity index (χ2n) is 4.31. The Hall–Kier alpha value is -0.620. The maximum atomic E-state index is 11.5. The molecule has 0 saturated carbocycles. The van der Waals surface area contributed by atoms with Gasteiger partial charge in [-0.15, -0.1) is 0 Å². The topological polar surface area (TPSA) is 63.7 Å². The predicted octanol–water partition coefficient (Wildman–Crippen LogP) is 0.114. The summed E-state index contributed by atoms with van der Waals surface area (Å²) in [6.45, 7) is 1.85. The SMILES string of the molecule is C[C@@H]1[C@H](OS(C)(=O)=O)C[C@H]2CCC(=O)N21. The van der Waals surface area contributed by atoms with Crippen molar-refractivity contribution in [2.75, 3.05) is 6.26 Å². The number of carbonyl (C=O) groups is 1. The van der Waals surface area contributed by atoms with Crippen molar-refractivity contribution >= 4 is 16.0 Å². The fourth-order valence-corrected chi connectivity index (χ4v) is 3.23. The van der Waals surface area contributed by atoms with E-state index in [1.165, 1.54) is 0 Å². The normalized spacial score (nSPS) is 36.0. The monoisotopic (exact) mass is 233 g/mol. The summed E-state index contributed by atoms with van der Waals surface area (Å²) in [5.41, 5.74) is 0. The van der Waals surface area contributed by atoms with Crippen molar-refractivity contribution in [3.63, 3.8) is 0 Å². The molecular weight excluding hydrogens is 218 g/mol. The van der Waals surface area contributed by atoms with Gasteiger partial charge in [0.05, 0.1) is 18.4 Å². The van der Waals surface area contributed by atoms with E-state index in [4.69, 9.17) is 4.18 Å². The van der Waals surface area contributed by atoms with Crippen LogP contribution < -0.4 is 0 Å². The Morgan fingerprint density at radius 3 is 2.67 bits per heavy atom. The number of fused-ring (bicyclic) bond motifs is 1. The summed E-state index contributed by atoms with van der Waals surface area (Å²) >= 11 is 0. The summed E-state index contributed by atoms with van der Waals surface area (Å²) in [6, 6.07) is 0.0546. The van der Waals surface area contributed by atoms with Gasteiger partial charge in [-0.1, -0.05) is 0 Å².